The zero-order valence-corrected chi connectivity index (χ0v) is 20.2. The molecule has 0 saturated heterocycles. The normalized spacial score (nSPS) is 12.6. The highest BCUT2D eigenvalue weighted by Crippen LogP contribution is 2.36. The number of hydrogen-bond donors (Lipinski definition) is 1. The molecule has 1 N–H and O–H groups in total. The minimum atomic E-state index is -0.160. The number of nitrogens with one attached hydrogen (secondary N) is 1. The molecule has 1 aromatic heterocycles. The van der Waals surface area contributed by atoms with E-state index in [-0.39, 0.29) is 11.5 Å². The van der Waals surface area contributed by atoms with Crippen molar-refractivity contribution >= 4 is 34.2 Å². The summed E-state index contributed by atoms with van der Waals surface area (Å²) in [6, 6.07) is 9.34. The lowest BCUT2D eigenvalue weighted by Gasteiger charge is -2.23. The molecule has 1 heterocycles. The lowest BCUT2D eigenvalue weighted by molar-refractivity contribution is 0.458. The van der Waals surface area contributed by atoms with E-state index in [2.05, 4.69) is 53.8 Å². The Morgan fingerprint density at radius 2 is 1.72 bits per heavy atom. The number of aliphatic imine (C=N–C) groups is 1. The summed E-state index contributed by atoms with van der Waals surface area (Å²) in [6.07, 6.45) is 2.03. The summed E-state index contributed by atoms with van der Waals surface area (Å²) in [4.78, 5) is 9.65. The minimum Gasteiger partial charge on any atom is -0.439 e. The van der Waals surface area contributed by atoms with Gasteiger partial charge in [-0.15, -0.1) is 0 Å². The molecule has 0 amide bonds. The first-order valence-electron chi connectivity index (χ1n) is 9.89. The molecule has 2 rings (SSSR count). The lowest BCUT2D eigenvalue weighted by atomic mass is 9.97. The molecule has 158 valence electrons. The monoisotopic (exact) mass is 433 g/mol. The second kappa shape index (κ2) is 9.86. The van der Waals surface area contributed by atoms with Crippen LogP contribution in [0, 0.1) is 0 Å². The first-order chi connectivity index (χ1) is 13.5. The van der Waals surface area contributed by atoms with E-state index in [1.165, 1.54) is 0 Å². The van der Waals surface area contributed by atoms with Gasteiger partial charge >= 0.3 is 0 Å². The van der Waals surface area contributed by atoms with Crippen molar-refractivity contribution in [1.29, 1.82) is 0 Å². The molecule has 4 nitrogen and oxygen atoms in total. The number of amidine groups is 1. The van der Waals surface area contributed by atoms with Crippen LogP contribution < -0.4 is 10.1 Å². The first kappa shape index (κ1) is 23.6. The molecule has 1 aromatic carbocycles. The number of rotatable bonds is 5. The molecule has 0 unspecified atom stereocenters. The summed E-state index contributed by atoms with van der Waals surface area (Å²) in [5.41, 5.74) is 2.99. The van der Waals surface area contributed by atoms with Crippen LogP contribution in [0.4, 0.5) is 5.69 Å². The fourth-order valence-electron chi connectivity index (χ4n) is 2.78. The summed E-state index contributed by atoms with van der Waals surface area (Å²) >= 11 is 7.59. The average molecular weight is 434 g/mol. The number of thioether (sulfide) groups is 1. The molecule has 0 atom stereocenters. The van der Waals surface area contributed by atoms with Gasteiger partial charge in [-0.3, -0.25) is 4.99 Å². The minimum absolute atomic E-state index is 0.160. The molecule has 2 aromatic rings. The summed E-state index contributed by atoms with van der Waals surface area (Å²) in [5.74, 6) is 1.82. The molecule has 6 heteroatoms. The third-order valence-corrected chi connectivity index (χ3v) is 4.95. The largest absolute Gasteiger partial charge is 0.439 e. The molecule has 0 bridgehead atoms. The molecule has 0 fully saturated rings. The fraction of sp³-hybridized carbons (Fsp3) is 0.478. The second-order valence-electron chi connectivity index (χ2n) is 8.59. The Bertz CT molecular complexity index is 826. The highest BCUT2D eigenvalue weighted by atomic mass is 35.5. The van der Waals surface area contributed by atoms with Crippen molar-refractivity contribution in [1.82, 2.24) is 4.98 Å². The van der Waals surface area contributed by atoms with Crippen LogP contribution in [0.3, 0.4) is 0 Å². The molecule has 29 heavy (non-hydrogen) atoms. The van der Waals surface area contributed by atoms with Gasteiger partial charge in [0.1, 0.15) is 5.75 Å². The average Bonchev–Trinajstić information content (AvgIpc) is 2.62. The number of aromatic nitrogens is 1. The van der Waals surface area contributed by atoms with Crippen molar-refractivity contribution in [3.63, 3.8) is 0 Å². The predicted molar refractivity (Wildman–Crippen MR) is 128 cm³/mol. The van der Waals surface area contributed by atoms with Gasteiger partial charge in [-0.05, 0) is 68.7 Å². The van der Waals surface area contributed by atoms with Gasteiger partial charge in [0.25, 0.3) is 0 Å². The highest BCUT2D eigenvalue weighted by molar-refractivity contribution is 8.13. The third kappa shape index (κ3) is 6.93. The van der Waals surface area contributed by atoms with Crippen LogP contribution in [0.15, 0.2) is 35.3 Å². The topological polar surface area (TPSA) is 46.5 Å². The van der Waals surface area contributed by atoms with Crippen molar-refractivity contribution in [2.24, 2.45) is 4.99 Å². The molecule has 0 aliphatic carbocycles. The first-order valence-corrected chi connectivity index (χ1v) is 11.5. The van der Waals surface area contributed by atoms with Gasteiger partial charge in [-0.2, -0.15) is 0 Å². The lowest BCUT2D eigenvalue weighted by Crippen LogP contribution is -2.20. The van der Waals surface area contributed by atoms with E-state index in [0.29, 0.717) is 22.6 Å². The smallest absolute Gasteiger partial charge is 0.219 e. The second-order valence-corrected chi connectivity index (χ2v) is 9.82. The predicted octanol–water partition coefficient (Wildman–Crippen LogP) is 7.70. The van der Waals surface area contributed by atoms with E-state index in [9.17, 15) is 0 Å². The number of pyridine rings is 1. The summed E-state index contributed by atoms with van der Waals surface area (Å²) in [5, 5.41) is 5.12. The van der Waals surface area contributed by atoms with E-state index in [1.807, 2.05) is 36.6 Å². The Hall–Kier alpha value is -1.72. The Kier molecular flexibility index (Phi) is 8.01. The van der Waals surface area contributed by atoms with Gasteiger partial charge in [0, 0.05) is 11.1 Å². The maximum atomic E-state index is 6.05. The molecular formula is C23H32ClN3OS. The van der Waals surface area contributed by atoms with Crippen LogP contribution in [0.5, 0.6) is 11.6 Å². The van der Waals surface area contributed by atoms with Crippen LogP contribution in [0.2, 0.25) is 5.02 Å². The van der Waals surface area contributed by atoms with Crippen molar-refractivity contribution < 1.29 is 4.74 Å². The van der Waals surface area contributed by atoms with Crippen LogP contribution >= 0.6 is 23.4 Å². The quantitative estimate of drug-likeness (QED) is 0.387. The molecular weight excluding hydrogens is 402 g/mol. The van der Waals surface area contributed by atoms with E-state index < -0.39 is 0 Å². The van der Waals surface area contributed by atoms with Crippen LogP contribution in [0.25, 0.3) is 0 Å². The Morgan fingerprint density at radius 3 is 2.21 bits per heavy atom. The van der Waals surface area contributed by atoms with Crippen molar-refractivity contribution in [3.05, 3.63) is 46.6 Å². The van der Waals surface area contributed by atoms with E-state index in [4.69, 9.17) is 26.3 Å². The van der Waals surface area contributed by atoms with Gasteiger partial charge in [-0.1, -0.05) is 51.1 Å². The maximum Gasteiger partial charge on any atom is 0.219 e. The SMILES string of the molecule is CSC(=NC(C)(C)C)Nc1c(C(C)C)cc(Oc2ccc(Cl)cc2)nc1C(C)C. The molecule has 0 spiro atoms. The van der Waals surface area contributed by atoms with Crippen molar-refractivity contribution in [3.8, 4) is 11.6 Å². The summed E-state index contributed by atoms with van der Waals surface area (Å²) in [7, 11) is 0. The summed E-state index contributed by atoms with van der Waals surface area (Å²) in [6.45, 7) is 14.9. The zero-order valence-electron chi connectivity index (χ0n) is 18.6. The van der Waals surface area contributed by atoms with Gasteiger partial charge in [-0.25, -0.2) is 4.98 Å². The van der Waals surface area contributed by atoms with Crippen molar-refractivity contribution in [2.75, 3.05) is 11.6 Å². The standard InChI is InChI=1S/C23H32ClN3OS/c1-14(2)18-13-19(28-17-11-9-16(24)10-12-17)25-20(15(3)4)21(18)26-22(29-8)27-23(5,6)7/h9-15H,1-8H3,(H,26,27). The fourth-order valence-corrected chi connectivity index (χ4v) is 3.48. The number of hydrogen-bond acceptors (Lipinski definition) is 4. The zero-order chi connectivity index (χ0) is 21.8. The molecule has 0 aliphatic rings. The van der Waals surface area contributed by atoms with Gasteiger partial charge in [0.15, 0.2) is 5.17 Å². The molecule has 0 saturated carbocycles. The molecule has 0 aliphatic heterocycles. The van der Waals surface area contributed by atoms with E-state index in [1.54, 1.807) is 11.8 Å². The maximum absolute atomic E-state index is 6.05. The number of halogens is 1. The number of nitrogens with zero attached hydrogens (tertiary/aromatic N) is 2. The van der Waals surface area contributed by atoms with Crippen LogP contribution in [0.1, 0.15) is 71.6 Å². The Balaban J connectivity index is 2.52. The molecule has 0 radical (unpaired) electrons. The van der Waals surface area contributed by atoms with Gasteiger partial charge in [0.05, 0.1) is 16.9 Å². The summed E-state index contributed by atoms with van der Waals surface area (Å²) < 4.78 is 6.05. The number of ether oxygens (including phenoxy) is 1. The van der Waals surface area contributed by atoms with Gasteiger partial charge in [0.2, 0.25) is 5.88 Å². The Labute approximate surface area is 184 Å². The number of anilines is 1. The Morgan fingerprint density at radius 1 is 1.10 bits per heavy atom. The van der Waals surface area contributed by atoms with E-state index in [0.717, 1.165) is 22.1 Å². The van der Waals surface area contributed by atoms with Crippen molar-refractivity contribution in [2.45, 2.75) is 65.8 Å². The third-order valence-electron chi connectivity index (χ3n) is 4.12. The number of benzene rings is 1. The van der Waals surface area contributed by atoms with E-state index >= 15 is 0 Å². The van der Waals surface area contributed by atoms with Crippen LogP contribution in [-0.4, -0.2) is 21.9 Å². The van der Waals surface area contributed by atoms with Crippen LogP contribution in [-0.2, 0) is 0 Å². The van der Waals surface area contributed by atoms with Gasteiger partial charge < -0.3 is 10.1 Å². The highest BCUT2D eigenvalue weighted by Gasteiger charge is 2.20.